The molecular formula is C29H27F6N5. The SMILES string of the molecule is CCC(c1cc(Nc2ccc(C(F)(F)F)cc2)c2ccc(-c3ncccc3C(F)(F)F)nc2n1)N1CCCCC1. The molecule has 4 aromatic rings. The van der Waals surface area contributed by atoms with Gasteiger partial charge in [-0.05, 0) is 86.9 Å². The average Bonchev–Trinajstić information content (AvgIpc) is 2.93. The molecule has 0 radical (unpaired) electrons. The lowest BCUT2D eigenvalue weighted by Gasteiger charge is -2.34. The number of aromatic nitrogens is 3. The third-order valence-corrected chi connectivity index (χ3v) is 7.10. The van der Waals surface area contributed by atoms with Crippen molar-refractivity contribution in [2.75, 3.05) is 18.4 Å². The van der Waals surface area contributed by atoms with Crippen LogP contribution in [-0.4, -0.2) is 32.9 Å². The molecule has 11 heteroatoms. The van der Waals surface area contributed by atoms with Crippen molar-refractivity contribution in [2.45, 2.75) is 51.0 Å². The van der Waals surface area contributed by atoms with E-state index >= 15 is 0 Å². The zero-order valence-corrected chi connectivity index (χ0v) is 21.7. The van der Waals surface area contributed by atoms with Crippen molar-refractivity contribution >= 4 is 22.4 Å². The molecule has 1 saturated heterocycles. The molecule has 3 aromatic heterocycles. The number of nitrogens with zero attached hydrogens (tertiary/aromatic N) is 4. The third kappa shape index (κ3) is 5.89. The number of alkyl halides is 6. The van der Waals surface area contributed by atoms with E-state index in [1.165, 1.54) is 30.5 Å². The van der Waals surface area contributed by atoms with Gasteiger partial charge in [-0.2, -0.15) is 26.3 Å². The number of piperidine rings is 1. The van der Waals surface area contributed by atoms with E-state index in [1.807, 2.05) is 13.0 Å². The molecule has 5 rings (SSSR count). The molecule has 1 aliphatic rings. The fraction of sp³-hybridized carbons (Fsp3) is 0.345. The lowest BCUT2D eigenvalue weighted by Crippen LogP contribution is -2.34. The Labute approximate surface area is 227 Å². The number of fused-ring (bicyclic) bond motifs is 1. The largest absolute Gasteiger partial charge is 0.418 e. The van der Waals surface area contributed by atoms with Crippen LogP contribution in [0.4, 0.5) is 37.7 Å². The van der Waals surface area contributed by atoms with Gasteiger partial charge in [-0.25, -0.2) is 9.97 Å². The van der Waals surface area contributed by atoms with Crippen LogP contribution in [0.2, 0.25) is 0 Å². The minimum atomic E-state index is -4.62. The summed E-state index contributed by atoms with van der Waals surface area (Å²) in [5, 5.41) is 3.70. The molecule has 5 nitrogen and oxygen atoms in total. The molecule has 0 amide bonds. The molecule has 210 valence electrons. The van der Waals surface area contributed by atoms with Gasteiger partial charge in [0.1, 0.15) is 5.69 Å². The monoisotopic (exact) mass is 559 g/mol. The lowest BCUT2D eigenvalue weighted by atomic mass is 10.0. The van der Waals surface area contributed by atoms with Crippen molar-refractivity contribution in [3.8, 4) is 11.4 Å². The van der Waals surface area contributed by atoms with E-state index in [-0.39, 0.29) is 23.1 Å². The van der Waals surface area contributed by atoms with Gasteiger partial charge in [0.2, 0.25) is 0 Å². The summed E-state index contributed by atoms with van der Waals surface area (Å²) in [6.07, 6.45) is -3.79. The van der Waals surface area contributed by atoms with E-state index in [4.69, 9.17) is 4.98 Å². The highest BCUT2D eigenvalue weighted by Crippen LogP contribution is 2.38. The van der Waals surface area contributed by atoms with Crippen LogP contribution >= 0.6 is 0 Å². The van der Waals surface area contributed by atoms with Crippen LogP contribution in [0, 0.1) is 0 Å². The molecule has 0 saturated carbocycles. The van der Waals surface area contributed by atoms with Gasteiger partial charge in [-0.1, -0.05) is 13.3 Å². The predicted octanol–water partition coefficient (Wildman–Crippen LogP) is 8.41. The number of likely N-dealkylation sites (tertiary alicyclic amines) is 1. The van der Waals surface area contributed by atoms with E-state index in [0.717, 1.165) is 57.0 Å². The van der Waals surface area contributed by atoms with Crippen LogP contribution in [-0.2, 0) is 12.4 Å². The van der Waals surface area contributed by atoms with Crippen LogP contribution in [0.15, 0.2) is 60.8 Å². The minimum Gasteiger partial charge on any atom is -0.355 e. The fourth-order valence-electron chi connectivity index (χ4n) is 5.15. The van der Waals surface area contributed by atoms with Crippen molar-refractivity contribution in [1.82, 2.24) is 19.9 Å². The van der Waals surface area contributed by atoms with Crippen molar-refractivity contribution in [1.29, 1.82) is 0 Å². The molecule has 0 spiro atoms. The summed E-state index contributed by atoms with van der Waals surface area (Å²) in [6, 6.07) is 11.7. The number of hydrogen-bond acceptors (Lipinski definition) is 5. The summed E-state index contributed by atoms with van der Waals surface area (Å²) < 4.78 is 80.4. The van der Waals surface area contributed by atoms with Crippen LogP contribution < -0.4 is 5.32 Å². The maximum Gasteiger partial charge on any atom is 0.418 e. The number of hydrogen-bond donors (Lipinski definition) is 1. The zero-order chi connectivity index (χ0) is 28.5. The Morgan fingerprint density at radius 1 is 0.875 bits per heavy atom. The molecule has 0 aliphatic carbocycles. The smallest absolute Gasteiger partial charge is 0.355 e. The van der Waals surface area contributed by atoms with Gasteiger partial charge in [0.15, 0.2) is 5.65 Å². The molecule has 1 unspecified atom stereocenters. The Bertz CT molecular complexity index is 1480. The van der Waals surface area contributed by atoms with E-state index in [2.05, 4.69) is 20.2 Å². The molecule has 1 atom stereocenters. The lowest BCUT2D eigenvalue weighted by molar-refractivity contribution is -0.138. The topological polar surface area (TPSA) is 53.9 Å². The number of halogens is 6. The summed E-state index contributed by atoms with van der Waals surface area (Å²) in [7, 11) is 0. The van der Waals surface area contributed by atoms with E-state index in [0.29, 0.717) is 22.5 Å². The van der Waals surface area contributed by atoms with Crippen LogP contribution in [0.3, 0.4) is 0 Å². The standard InChI is InChI=1S/C29H27F6N5/c1-2-25(40-15-4-3-5-16-40)24-17-23(37-19-10-8-18(9-11-19)28(30,31)32)20-12-13-22(38-27(20)39-24)26-21(29(33,34)35)7-6-14-36-26/h6-14,17,25H,2-5,15-16H2,1H3,(H,37,38,39). The quantitative estimate of drug-likeness (QED) is 0.241. The maximum absolute atomic E-state index is 13.7. The third-order valence-electron chi connectivity index (χ3n) is 7.10. The average molecular weight is 560 g/mol. The number of benzene rings is 1. The zero-order valence-electron chi connectivity index (χ0n) is 21.7. The molecule has 1 fully saturated rings. The number of pyridine rings is 3. The summed E-state index contributed by atoms with van der Waals surface area (Å²) >= 11 is 0. The molecule has 0 bridgehead atoms. The number of anilines is 2. The maximum atomic E-state index is 13.7. The van der Waals surface area contributed by atoms with Gasteiger partial charge >= 0.3 is 12.4 Å². The van der Waals surface area contributed by atoms with Gasteiger partial charge in [0.05, 0.1) is 34.2 Å². The molecule has 1 aliphatic heterocycles. The first-order chi connectivity index (χ1) is 19.0. The van der Waals surface area contributed by atoms with Crippen molar-refractivity contribution in [2.24, 2.45) is 0 Å². The highest BCUT2D eigenvalue weighted by atomic mass is 19.4. The number of rotatable bonds is 6. The molecule has 1 aromatic carbocycles. The van der Waals surface area contributed by atoms with Gasteiger partial charge in [-0.15, -0.1) is 0 Å². The normalized spacial score (nSPS) is 15.8. The predicted molar refractivity (Wildman–Crippen MR) is 141 cm³/mol. The van der Waals surface area contributed by atoms with Gasteiger partial charge in [0.25, 0.3) is 0 Å². The second-order valence-electron chi connectivity index (χ2n) is 9.78. The van der Waals surface area contributed by atoms with Gasteiger partial charge in [0, 0.05) is 17.3 Å². The van der Waals surface area contributed by atoms with Crippen molar-refractivity contribution < 1.29 is 26.3 Å². The van der Waals surface area contributed by atoms with Crippen molar-refractivity contribution in [3.05, 3.63) is 77.6 Å². The molecular weight excluding hydrogens is 532 g/mol. The van der Waals surface area contributed by atoms with E-state index in [1.54, 1.807) is 6.07 Å². The van der Waals surface area contributed by atoms with Crippen LogP contribution in [0.25, 0.3) is 22.4 Å². The van der Waals surface area contributed by atoms with Gasteiger partial charge in [-0.3, -0.25) is 9.88 Å². The Kier molecular flexibility index (Phi) is 7.67. The first-order valence-electron chi connectivity index (χ1n) is 13.1. The summed E-state index contributed by atoms with van der Waals surface area (Å²) in [4.78, 5) is 15.6. The second-order valence-corrected chi connectivity index (χ2v) is 9.78. The Morgan fingerprint density at radius 3 is 2.25 bits per heavy atom. The van der Waals surface area contributed by atoms with Crippen molar-refractivity contribution in [3.63, 3.8) is 0 Å². The highest BCUT2D eigenvalue weighted by molar-refractivity contribution is 5.92. The first-order valence-corrected chi connectivity index (χ1v) is 13.1. The summed E-state index contributed by atoms with van der Waals surface area (Å²) in [6.45, 7) is 3.84. The minimum absolute atomic E-state index is 0.0246. The molecule has 4 heterocycles. The highest BCUT2D eigenvalue weighted by Gasteiger charge is 2.35. The second kappa shape index (κ2) is 11.0. The Hall–Kier alpha value is -3.73. The molecule has 1 N–H and O–H groups in total. The first kappa shape index (κ1) is 27.8. The summed E-state index contributed by atoms with van der Waals surface area (Å²) in [5.41, 5.74) is -0.0675. The number of nitrogens with one attached hydrogen (secondary N) is 1. The molecule has 40 heavy (non-hydrogen) atoms. The van der Waals surface area contributed by atoms with E-state index < -0.39 is 23.5 Å². The summed E-state index contributed by atoms with van der Waals surface area (Å²) in [5.74, 6) is 0. The Balaban J connectivity index is 1.62. The van der Waals surface area contributed by atoms with Crippen LogP contribution in [0.1, 0.15) is 55.5 Å². The fourth-order valence-corrected chi connectivity index (χ4v) is 5.15. The Morgan fingerprint density at radius 2 is 1.60 bits per heavy atom. The van der Waals surface area contributed by atoms with Crippen LogP contribution in [0.5, 0.6) is 0 Å². The van der Waals surface area contributed by atoms with E-state index in [9.17, 15) is 26.3 Å². The van der Waals surface area contributed by atoms with Gasteiger partial charge < -0.3 is 5.32 Å².